The molecular weight excluding hydrogens is 258 g/mol. The van der Waals surface area contributed by atoms with Crippen molar-refractivity contribution < 1.29 is 9.47 Å². The van der Waals surface area contributed by atoms with E-state index in [0.29, 0.717) is 12.3 Å². The molecule has 15 heavy (non-hydrogen) atoms. The average Bonchev–Trinajstić information content (AvgIpc) is 2.69. The van der Waals surface area contributed by atoms with Crippen molar-refractivity contribution in [3.8, 4) is 5.75 Å². The van der Waals surface area contributed by atoms with Crippen molar-refractivity contribution in [1.29, 1.82) is 0 Å². The number of nitrogen functional groups attached to an aromatic ring is 1. The Kier molecular flexibility index (Phi) is 3.49. The molecule has 1 aliphatic rings. The second-order valence-electron chi connectivity index (χ2n) is 3.63. The van der Waals surface area contributed by atoms with E-state index in [-0.39, 0.29) is 6.10 Å². The predicted molar refractivity (Wildman–Crippen MR) is 63.0 cm³/mol. The second kappa shape index (κ2) is 4.86. The normalized spacial score (nSPS) is 20.5. The number of halogens is 1. The smallest absolute Gasteiger partial charge is 0.142 e. The van der Waals surface area contributed by atoms with E-state index in [4.69, 9.17) is 15.2 Å². The van der Waals surface area contributed by atoms with E-state index in [1.165, 1.54) is 0 Å². The molecule has 2 rings (SSSR count). The van der Waals surface area contributed by atoms with Gasteiger partial charge in [-0.1, -0.05) is 15.9 Å². The van der Waals surface area contributed by atoms with E-state index < -0.39 is 0 Å². The average molecular weight is 272 g/mol. The summed E-state index contributed by atoms with van der Waals surface area (Å²) in [5, 5.41) is 0. The summed E-state index contributed by atoms with van der Waals surface area (Å²) in [6.45, 7) is 1.44. The summed E-state index contributed by atoms with van der Waals surface area (Å²) in [6.07, 6.45) is 2.44. The topological polar surface area (TPSA) is 44.5 Å². The van der Waals surface area contributed by atoms with E-state index in [9.17, 15) is 0 Å². The van der Waals surface area contributed by atoms with E-state index in [1.54, 1.807) is 0 Å². The number of rotatable bonds is 3. The molecule has 4 heteroatoms. The lowest BCUT2D eigenvalue weighted by Gasteiger charge is -2.12. The zero-order valence-electron chi connectivity index (χ0n) is 8.41. The molecule has 1 aromatic carbocycles. The van der Waals surface area contributed by atoms with E-state index >= 15 is 0 Å². The lowest BCUT2D eigenvalue weighted by atomic mass is 10.2. The molecule has 1 saturated heterocycles. The fraction of sp³-hybridized carbons (Fsp3) is 0.455. The second-order valence-corrected chi connectivity index (χ2v) is 4.54. The molecule has 3 nitrogen and oxygen atoms in total. The van der Waals surface area contributed by atoms with Crippen LogP contribution in [-0.2, 0) is 4.74 Å². The lowest BCUT2D eigenvalue weighted by molar-refractivity contribution is 0.0682. The molecule has 1 aliphatic heterocycles. The minimum Gasteiger partial charge on any atom is -0.489 e. The monoisotopic (exact) mass is 271 g/mol. The molecular formula is C11H14BrNO2. The molecule has 0 radical (unpaired) electrons. The number of ether oxygens (including phenoxy) is 2. The Labute approximate surface area is 97.7 Å². The Balaban J connectivity index is 1.92. The highest BCUT2D eigenvalue weighted by Crippen LogP contribution is 2.26. The van der Waals surface area contributed by atoms with Gasteiger partial charge in [-0.05, 0) is 31.0 Å². The van der Waals surface area contributed by atoms with Crippen LogP contribution in [0.15, 0.2) is 22.7 Å². The Morgan fingerprint density at radius 2 is 2.40 bits per heavy atom. The number of hydrogen-bond donors (Lipinski definition) is 1. The number of anilines is 1. The summed E-state index contributed by atoms with van der Waals surface area (Å²) >= 11 is 3.35. The van der Waals surface area contributed by atoms with Crippen LogP contribution < -0.4 is 10.5 Å². The van der Waals surface area contributed by atoms with Gasteiger partial charge in [0.15, 0.2) is 0 Å². The zero-order valence-corrected chi connectivity index (χ0v) is 10.00. The van der Waals surface area contributed by atoms with Crippen molar-refractivity contribution in [3.05, 3.63) is 22.7 Å². The standard InChI is InChI=1S/C11H14BrNO2/c12-8-3-4-11(10(13)6-8)15-7-9-2-1-5-14-9/h3-4,6,9H,1-2,5,7,13H2/t9-/m0/s1. The maximum Gasteiger partial charge on any atom is 0.142 e. The van der Waals surface area contributed by atoms with Gasteiger partial charge in [-0.3, -0.25) is 0 Å². The lowest BCUT2D eigenvalue weighted by Crippen LogP contribution is -2.16. The van der Waals surface area contributed by atoms with Gasteiger partial charge in [0.25, 0.3) is 0 Å². The molecule has 0 aliphatic carbocycles. The number of benzene rings is 1. The van der Waals surface area contributed by atoms with Crippen LogP contribution in [0.5, 0.6) is 5.75 Å². The van der Waals surface area contributed by atoms with Crippen molar-refractivity contribution in [2.75, 3.05) is 18.9 Å². The van der Waals surface area contributed by atoms with Crippen LogP contribution in [0.25, 0.3) is 0 Å². The highest BCUT2D eigenvalue weighted by molar-refractivity contribution is 9.10. The van der Waals surface area contributed by atoms with Gasteiger partial charge in [-0.2, -0.15) is 0 Å². The third-order valence-corrected chi connectivity index (χ3v) is 2.91. The number of nitrogens with two attached hydrogens (primary N) is 1. The Morgan fingerprint density at radius 1 is 1.53 bits per heavy atom. The number of hydrogen-bond acceptors (Lipinski definition) is 3. The molecule has 1 atom stereocenters. The van der Waals surface area contributed by atoms with Crippen molar-refractivity contribution in [1.82, 2.24) is 0 Å². The van der Waals surface area contributed by atoms with Gasteiger partial charge in [-0.25, -0.2) is 0 Å². The predicted octanol–water partition coefficient (Wildman–Crippen LogP) is 2.59. The Morgan fingerprint density at radius 3 is 3.07 bits per heavy atom. The van der Waals surface area contributed by atoms with E-state index in [1.807, 2.05) is 18.2 Å². The highest BCUT2D eigenvalue weighted by atomic mass is 79.9. The first-order valence-corrected chi connectivity index (χ1v) is 5.84. The van der Waals surface area contributed by atoms with Gasteiger partial charge in [0, 0.05) is 11.1 Å². The minimum absolute atomic E-state index is 0.230. The molecule has 0 bridgehead atoms. The molecule has 0 saturated carbocycles. The summed E-state index contributed by atoms with van der Waals surface area (Å²) in [5.41, 5.74) is 6.47. The molecule has 0 aromatic heterocycles. The molecule has 0 spiro atoms. The molecule has 0 unspecified atom stereocenters. The van der Waals surface area contributed by atoms with Gasteiger partial charge >= 0.3 is 0 Å². The molecule has 1 aromatic rings. The third kappa shape index (κ3) is 2.86. The summed E-state index contributed by atoms with van der Waals surface area (Å²) in [5.74, 6) is 0.730. The van der Waals surface area contributed by atoms with Crippen molar-refractivity contribution in [2.45, 2.75) is 18.9 Å². The largest absolute Gasteiger partial charge is 0.489 e. The summed E-state index contributed by atoms with van der Waals surface area (Å²) < 4.78 is 12.0. The maximum absolute atomic E-state index is 5.81. The van der Waals surface area contributed by atoms with Crippen LogP contribution >= 0.6 is 15.9 Å². The van der Waals surface area contributed by atoms with Crippen LogP contribution in [0.1, 0.15) is 12.8 Å². The summed E-state index contributed by atoms with van der Waals surface area (Å²) in [6, 6.07) is 5.63. The van der Waals surface area contributed by atoms with Crippen molar-refractivity contribution in [3.63, 3.8) is 0 Å². The van der Waals surface area contributed by atoms with Gasteiger partial charge in [-0.15, -0.1) is 0 Å². The first-order valence-electron chi connectivity index (χ1n) is 5.05. The molecule has 82 valence electrons. The van der Waals surface area contributed by atoms with Crippen molar-refractivity contribution in [2.24, 2.45) is 0 Å². The highest BCUT2D eigenvalue weighted by Gasteiger charge is 2.16. The SMILES string of the molecule is Nc1cc(Br)ccc1OC[C@@H]1CCCO1. The Hall–Kier alpha value is -0.740. The molecule has 0 amide bonds. The van der Waals surface area contributed by atoms with Crippen LogP contribution in [0.4, 0.5) is 5.69 Å². The van der Waals surface area contributed by atoms with Crippen LogP contribution in [0, 0.1) is 0 Å². The molecule has 1 fully saturated rings. The summed E-state index contributed by atoms with van der Waals surface area (Å²) in [4.78, 5) is 0. The van der Waals surface area contributed by atoms with Crippen molar-refractivity contribution >= 4 is 21.6 Å². The van der Waals surface area contributed by atoms with Crippen LogP contribution in [0.2, 0.25) is 0 Å². The zero-order chi connectivity index (χ0) is 10.7. The third-order valence-electron chi connectivity index (χ3n) is 2.42. The minimum atomic E-state index is 0.230. The van der Waals surface area contributed by atoms with E-state index in [2.05, 4.69) is 15.9 Å². The molecule has 1 heterocycles. The van der Waals surface area contributed by atoms with Crippen LogP contribution in [-0.4, -0.2) is 19.3 Å². The van der Waals surface area contributed by atoms with Gasteiger partial charge in [0.1, 0.15) is 12.4 Å². The maximum atomic E-state index is 5.81. The summed E-state index contributed by atoms with van der Waals surface area (Å²) in [7, 11) is 0. The van der Waals surface area contributed by atoms with Gasteiger partial charge in [0.05, 0.1) is 11.8 Å². The fourth-order valence-electron chi connectivity index (χ4n) is 1.61. The van der Waals surface area contributed by atoms with E-state index in [0.717, 1.165) is 29.7 Å². The van der Waals surface area contributed by atoms with Gasteiger partial charge < -0.3 is 15.2 Å². The molecule has 2 N–H and O–H groups in total. The first kappa shape index (κ1) is 10.8. The quantitative estimate of drug-likeness (QED) is 0.860. The van der Waals surface area contributed by atoms with Crippen LogP contribution in [0.3, 0.4) is 0 Å². The fourth-order valence-corrected chi connectivity index (χ4v) is 1.99. The van der Waals surface area contributed by atoms with Gasteiger partial charge in [0.2, 0.25) is 0 Å². The first-order chi connectivity index (χ1) is 7.25. The Bertz CT molecular complexity index is 337.